The summed E-state index contributed by atoms with van der Waals surface area (Å²) in [6.07, 6.45) is 3.03. The van der Waals surface area contributed by atoms with Crippen molar-refractivity contribution in [1.82, 2.24) is 9.78 Å². The Kier molecular flexibility index (Phi) is 4.40. The standard InChI is InChI=1S/C14H17ClN2OS2/c1-2-4-17-13(10(15)7-16-17)14(18)12-6-9-8-19-5-3-11(9)20-12/h6-7,14,18H,2-5,8H2,1H3. The maximum atomic E-state index is 10.7. The van der Waals surface area contributed by atoms with E-state index >= 15 is 0 Å². The van der Waals surface area contributed by atoms with Gasteiger partial charge >= 0.3 is 0 Å². The Bertz CT molecular complexity index is 585. The van der Waals surface area contributed by atoms with Crippen LogP contribution in [0.2, 0.25) is 5.02 Å². The van der Waals surface area contributed by atoms with Gasteiger partial charge in [0.15, 0.2) is 0 Å². The molecule has 0 saturated carbocycles. The maximum absolute atomic E-state index is 10.7. The summed E-state index contributed by atoms with van der Waals surface area (Å²) in [5.74, 6) is 2.23. The van der Waals surface area contributed by atoms with Crippen LogP contribution in [-0.4, -0.2) is 20.6 Å². The van der Waals surface area contributed by atoms with Crippen molar-refractivity contribution in [3.8, 4) is 0 Å². The van der Waals surface area contributed by atoms with E-state index in [9.17, 15) is 5.11 Å². The molecule has 2 aromatic heterocycles. The summed E-state index contributed by atoms with van der Waals surface area (Å²) in [7, 11) is 0. The molecule has 3 nitrogen and oxygen atoms in total. The fourth-order valence-electron chi connectivity index (χ4n) is 2.47. The first-order valence-corrected chi connectivity index (χ1v) is 9.14. The van der Waals surface area contributed by atoms with Crippen molar-refractivity contribution in [2.45, 2.75) is 38.2 Å². The molecule has 1 aliphatic heterocycles. The molecule has 0 spiro atoms. The molecule has 0 aromatic carbocycles. The average Bonchev–Trinajstić information content (AvgIpc) is 3.02. The van der Waals surface area contributed by atoms with Gasteiger partial charge in [0.25, 0.3) is 0 Å². The summed E-state index contributed by atoms with van der Waals surface area (Å²) in [5.41, 5.74) is 2.10. The Morgan fingerprint density at radius 1 is 1.55 bits per heavy atom. The van der Waals surface area contributed by atoms with E-state index < -0.39 is 6.10 Å². The van der Waals surface area contributed by atoms with Gasteiger partial charge in [-0.25, -0.2) is 0 Å². The third-order valence-corrected chi connectivity index (χ3v) is 6.03. The quantitative estimate of drug-likeness (QED) is 0.925. The molecule has 1 unspecified atom stereocenters. The number of nitrogens with zero attached hydrogens (tertiary/aromatic N) is 2. The van der Waals surface area contributed by atoms with Gasteiger partial charge in [0.05, 0.1) is 16.9 Å². The molecule has 2 aromatic rings. The number of aliphatic hydroxyl groups is 1. The van der Waals surface area contributed by atoms with Crippen LogP contribution in [0.1, 0.15) is 40.5 Å². The van der Waals surface area contributed by atoms with E-state index in [0.717, 1.165) is 35.7 Å². The lowest BCUT2D eigenvalue weighted by Crippen LogP contribution is -2.09. The van der Waals surface area contributed by atoms with Crippen molar-refractivity contribution in [1.29, 1.82) is 0 Å². The minimum atomic E-state index is -0.669. The second kappa shape index (κ2) is 6.10. The van der Waals surface area contributed by atoms with Crippen LogP contribution in [0.25, 0.3) is 0 Å². The highest BCUT2D eigenvalue weighted by atomic mass is 35.5. The summed E-state index contributed by atoms with van der Waals surface area (Å²) < 4.78 is 1.82. The van der Waals surface area contributed by atoms with Gasteiger partial charge in [-0.15, -0.1) is 11.3 Å². The largest absolute Gasteiger partial charge is 0.381 e. The number of thiophene rings is 1. The van der Waals surface area contributed by atoms with E-state index in [-0.39, 0.29) is 0 Å². The molecule has 0 saturated heterocycles. The van der Waals surface area contributed by atoms with Crippen LogP contribution in [0.3, 0.4) is 0 Å². The van der Waals surface area contributed by atoms with E-state index in [2.05, 4.69) is 18.1 Å². The summed E-state index contributed by atoms with van der Waals surface area (Å²) >= 11 is 9.88. The highest BCUT2D eigenvalue weighted by Gasteiger charge is 2.23. The fourth-order valence-corrected chi connectivity index (χ4v) is 5.08. The molecule has 0 amide bonds. The molecule has 108 valence electrons. The highest BCUT2D eigenvalue weighted by molar-refractivity contribution is 7.98. The molecular formula is C14H17ClN2OS2. The van der Waals surface area contributed by atoms with Crippen molar-refractivity contribution in [2.24, 2.45) is 0 Å². The number of rotatable bonds is 4. The number of thioether (sulfide) groups is 1. The normalized spacial score (nSPS) is 16.1. The first-order valence-electron chi connectivity index (χ1n) is 6.79. The molecule has 6 heteroatoms. The lowest BCUT2D eigenvalue weighted by molar-refractivity contribution is 0.211. The number of hydrogen-bond donors (Lipinski definition) is 1. The van der Waals surface area contributed by atoms with Crippen molar-refractivity contribution < 1.29 is 5.11 Å². The second-order valence-corrected chi connectivity index (χ2v) is 7.58. The Morgan fingerprint density at radius 2 is 2.40 bits per heavy atom. The SMILES string of the molecule is CCCn1ncc(Cl)c1C(O)c1cc2c(s1)CCSC2. The number of aliphatic hydroxyl groups excluding tert-OH is 1. The van der Waals surface area contributed by atoms with Crippen LogP contribution in [0.5, 0.6) is 0 Å². The third-order valence-electron chi connectivity index (χ3n) is 3.44. The van der Waals surface area contributed by atoms with E-state index in [1.807, 2.05) is 16.4 Å². The number of aryl methyl sites for hydroxylation is 2. The van der Waals surface area contributed by atoms with E-state index in [0.29, 0.717) is 5.02 Å². The second-order valence-electron chi connectivity index (χ2n) is 4.90. The zero-order valence-corrected chi connectivity index (χ0v) is 13.7. The van der Waals surface area contributed by atoms with Gasteiger partial charge in [0, 0.05) is 22.1 Å². The molecule has 1 atom stereocenters. The van der Waals surface area contributed by atoms with Crippen LogP contribution >= 0.6 is 34.7 Å². The average molecular weight is 329 g/mol. The molecule has 0 bridgehead atoms. The van der Waals surface area contributed by atoms with Crippen molar-refractivity contribution >= 4 is 34.7 Å². The van der Waals surface area contributed by atoms with Crippen LogP contribution in [0.4, 0.5) is 0 Å². The molecule has 1 N–H and O–H groups in total. The number of aromatic nitrogens is 2. The first kappa shape index (κ1) is 14.4. The van der Waals surface area contributed by atoms with E-state index in [1.165, 1.54) is 16.2 Å². The monoisotopic (exact) mass is 328 g/mol. The predicted molar refractivity (Wildman–Crippen MR) is 85.8 cm³/mol. The number of halogens is 1. The third kappa shape index (κ3) is 2.64. The Hall–Kier alpha value is -0.490. The maximum Gasteiger partial charge on any atom is 0.131 e. The fraction of sp³-hybridized carbons (Fsp3) is 0.500. The Balaban J connectivity index is 1.94. The summed E-state index contributed by atoms with van der Waals surface area (Å²) in [4.78, 5) is 2.40. The van der Waals surface area contributed by atoms with Gasteiger partial charge in [0.1, 0.15) is 6.10 Å². The molecular weight excluding hydrogens is 312 g/mol. The lowest BCUT2D eigenvalue weighted by atomic mass is 10.1. The van der Waals surface area contributed by atoms with Gasteiger partial charge in [-0.2, -0.15) is 16.9 Å². The van der Waals surface area contributed by atoms with Crippen LogP contribution < -0.4 is 0 Å². The van der Waals surface area contributed by atoms with Crippen LogP contribution in [0.15, 0.2) is 12.3 Å². The summed E-state index contributed by atoms with van der Waals surface area (Å²) in [5, 5.41) is 15.5. The first-order chi connectivity index (χ1) is 9.70. The zero-order valence-electron chi connectivity index (χ0n) is 11.3. The molecule has 0 radical (unpaired) electrons. The summed E-state index contributed by atoms with van der Waals surface area (Å²) in [6.45, 7) is 2.87. The zero-order chi connectivity index (χ0) is 14.1. The number of fused-ring (bicyclic) bond motifs is 1. The minimum absolute atomic E-state index is 0.548. The van der Waals surface area contributed by atoms with Gasteiger partial charge in [-0.3, -0.25) is 4.68 Å². The summed E-state index contributed by atoms with van der Waals surface area (Å²) in [6, 6.07) is 2.14. The van der Waals surface area contributed by atoms with Gasteiger partial charge in [0.2, 0.25) is 0 Å². The van der Waals surface area contributed by atoms with Crippen LogP contribution in [0, 0.1) is 0 Å². The molecule has 3 heterocycles. The predicted octanol–water partition coefficient (Wildman–Crippen LogP) is 3.88. The van der Waals surface area contributed by atoms with Gasteiger partial charge in [-0.1, -0.05) is 18.5 Å². The molecule has 0 aliphatic carbocycles. The van der Waals surface area contributed by atoms with E-state index in [1.54, 1.807) is 17.5 Å². The molecule has 3 rings (SSSR count). The van der Waals surface area contributed by atoms with Crippen molar-refractivity contribution in [3.63, 3.8) is 0 Å². The van der Waals surface area contributed by atoms with Crippen molar-refractivity contribution in [2.75, 3.05) is 5.75 Å². The molecule has 0 fully saturated rings. The topological polar surface area (TPSA) is 38.0 Å². The Labute approximate surface area is 132 Å². The smallest absolute Gasteiger partial charge is 0.131 e. The minimum Gasteiger partial charge on any atom is -0.381 e. The van der Waals surface area contributed by atoms with E-state index in [4.69, 9.17) is 11.6 Å². The number of hydrogen-bond acceptors (Lipinski definition) is 4. The van der Waals surface area contributed by atoms with Crippen molar-refractivity contribution in [3.05, 3.63) is 38.3 Å². The Morgan fingerprint density at radius 3 is 3.15 bits per heavy atom. The van der Waals surface area contributed by atoms with Crippen LogP contribution in [-0.2, 0) is 18.7 Å². The molecule has 1 aliphatic rings. The van der Waals surface area contributed by atoms with Gasteiger partial charge in [-0.05, 0) is 30.2 Å². The van der Waals surface area contributed by atoms with Gasteiger partial charge < -0.3 is 5.11 Å². The lowest BCUT2D eigenvalue weighted by Gasteiger charge is -2.12. The highest BCUT2D eigenvalue weighted by Crippen LogP contribution is 2.38. The molecule has 20 heavy (non-hydrogen) atoms.